The van der Waals surface area contributed by atoms with Crippen molar-refractivity contribution in [1.82, 2.24) is 5.32 Å². The molecule has 1 aliphatic rings. The molecule has 0 bridgehead atoms. The molecule has 0 radical (unpaired) electrons. The van der Waals surface area contributed by atoms with E-state index >= 15 is 0 Å². The van der Waals surface area contributed by atoms with Gasteiger partial charge in [-0.3, -0.25) is 4.79 Å². The van der Waals surface area contributed by atoms with Crippen molar-refractivity contribution in [3.63, 3.8) is 0 Å². The Morgan fingerprint density at radius 2 is 2.39 bits per heavy atom. The van der Waals surface area contributed by atoms with Gasteiger partial charge in [0.15, 0.2) is 0 Å². The van der Waals surface area contributed by atoms with Crippen LogP contribution in [0.1, 0.15) is 5.56 Å². The molecule has 0 aromatic heterocycles. The second kappa shape index (κ2) is 5.77. The first kappa shape index (κ1) is 12.8. The number of amides is 2. The zero-order valence-corrected chi connectivity index (χ0v) is 10.8. The highest BCUT2D eigenvalue weighted by Gasteiger charge is 2.15. The monoisotopic (exact) mass is 266 g/mol. The van der Waals surface area contributed by atoms with Crippen LogP contribution in [0.2, 0.25) is 0 Å². The molecule has 1 aromatic rings. The lowest BCUT2D eigenvalue weighted by Gasteiger charge is -2.17. The normalized spacial score (nSPS) is 13.5. The fourth-order valence-electron chi connectivity index (χ4n) is 1.67. The molecule has 0 fully saturated rings. The van der Waals surface area contributed by atoms with E-state index in [2.05, 4.69) is 15.4 Å². The van der Waals surface area contributed by atoms with Crippen molar-refractivity contribution in [2.75, 3.05) is 24.7 Å². The van der Waals surface area contributed by atoms with E-state index < -0.39 is 6.09 Å². The molecule has 0 saturated carbocycles. The number of carbonyl (C=O) groups excluding carboxylic acids is 2. The molecule has 18 heavy (non-hydrogen) atoms. The van der Waals surface area contributed by atoms with Crippen molar-refractivity contribution in [2.24, 2.45) is 0 Å². The van der Waals surface area contributed by atoms with E-state index in [1.165, 1.54) is 18.9 Å². The summed E-state index contributed by atoms with van der Waals surface area (Å²) in [7, 11) is 1.33. The average molecular weight is 266 g/mol. The van der Waals surface area contributed by atoms with Gasteiger partial charge in [0.1, 0.15) is 0 Å². The van der Waals surface area contributed by atoms with Crippen LogP contribution in [-0.2, 0) is 16.0 Å². The minimum absolute atomic E-state index is 0.0253. The first-order chi connectivity index (χ1) is 8.69. The molecule has 2 N–H and O–H groups in total. The van der Waals surface area contributed by atoms with Crippen LogP contribution < -0.4 is 10.6 Å². The lowest BCUT2D eigenvalue weighted by molar-refractivity contribution is -0.113. The second-order valence-electron chi connectivity index (χ2n) is 3.84. The molecule has 0 unspecified atom stereocenters. The number of hydrogen-bond donors (Lipinski definition) is 2. The summed E-state index contributed by atoms with van der Waals surface area (Å²) in [5.41, 5.74) is 1.92. The molecule has 5 nitrogen and oxygen atoms in total. The summed E-state index contributed by atoms with van der Waals surface area (Å²) in [6.07, 6.45) is 0.264. The number of anilines is 1. The van der Waals surface area contributed by atoms with Gasteiger partial charge in [-0.15, -0.1) is 11.8 Å². The predicted octanol–water partition coefficient (Wildman–Crippen LogP) is 1.63. The van der Waals surface area contributed by atoms with E-state index in [1.807, 2.05) is 18.2 Å². The quantitative estimate of drug-likeness (QED) is 0.872. The number of rotatable bonds is 3. The molecule has 96 valence electrons. The van der Waals surface area contributed by atoms with Crippen LogP contribution in [0.25, 0.3) is 0 Å². The number of nitrogens with one attached hydrogen (secondary N) is 2. The van der Waals surface area contributed by atoms with Gasteiger partial charge in [0.2, 0.25) is 5.91 Å². The first-order valence-electron chi connectivity index (χ1n) is 5.56. The molecule has 2 amide bonds. The third-order valence-electron chi connectivity index (χ3n) is 2.55. The molecule has 1 aliphatic heterocycles. The Morgan fingerprint density at radius 1 is 1.56 bits per heavy atom. The van der Waals surface area contributed by atoms with Crippen molar-refractivity contribution < 1.29 is 14.3 Å². The number of benzene rings is 1. The molecular weight excluding hydrogens is 252 g/mol. The zero-order chi connectivity index (χ0) is 13.0. The van der Waals surface area contributed by atoms with E-state index in [1.54, 1.807) is 0 Å². The van der Waals surface area contributed by atoms with E-state index in [4.69, 9.17) is 0 Å². The van der Waals surface area contributed by atoms with E-state index in [-0.39, 0.29) is 5.91 Å². The minimum atomic E-state index is -0.434. The highest BCUT2D eigenvalue weighted by Crippen LogP contribution is 2.31. The van der Waals surface area contributed by atoms with Crippen LogP contribution in [0, 0.1) is 0 Å². The largest absolute Gasteiger partial charge is 0.453 e. The van der Waals surface area contributed by atoms with Crippen LogP contribution in [0.15, 0.2) is 23.1 Å². The molecule has 0 saturated heterocycles. The van der Waals surface area contributed by atoms with Gasteiger partial charge in [-0.2, -0.15) is 0 Å². The summed E-state index contributed by atoms with van der Waals surface area (Å²) in [5, 5.41) is 5.45. The topological polar surface area (TPSA) is 67.4 Å². The fraction of sp³-hybridized carbons (Fsp3) is 0.333. The van der Waals surface area contributed by atoms with Gasteiger partial charge in [0.05, 0.1) is 18.6 Å². The standard InChI is InChI=1S/C12H14N2O3S/c1-17-12(16)13-5-4-8-2-3-10-9(6-8)14-11(15)7-18-10/h2-3,6H,4-5,7H2,1H3,(H,13,16)(H,14,15). The first-order valence-corrected chi connectivity index (χ1v) is 6.55. The average Bonchev–Trinajstić information content (AvgIpc) is 2.38. The maximum absolute atomic E-state index is 11.3. The third-order valence-corrected chi connectivity index (χ3v) is 3.62. The number of methoxy groups -OCH3 is 1. The van der Waals surface area contributed by atoms with Crippen LogP contribution >= 0.6 is 11.8 Å². The number of hydrogen-bond acceptors (Lipinski definition) is 4. The number of carbonyl (C=O) groups is 2. The molecule has 6 heteroatoms. The van der Waals surface area contributed by atoms with Crippen molar-refractivity contribution in [3.05, 3.63) is 23.8 Å². The Morgan fingerprint density at radius 3 is 3.17 bits per heavy atom. The molecule has 1 aromatic carbocycles. The lowest BCUT2D eigenvalue weighted by atomic mass is 10.1. The van der Waals surface area contributed by atoms with E-state index in [0.717, 1.165) is 16.1 Å². The fourth-order valence-corrected chi connectivity index (χ4v) is 2.46. The number of thioether (sulfide) groups is 1. The molecule has 1 heterocycles. The zero-order valence-electron chi connectivity index (χ0n) is 9.99. The molecule has 0 aliphatic carbocycles. The summed E-state index contributed by atoms with van der Waals surface area (Å²) in [5.74, 6) is 0.494. The van der Waals surface area contributed by atoms with Gasteiger partial charge in [0.25, 0.3) is 0 Å². The summed E-state index contributed by atoms with van der Waals surface area (Å²) in [4.78, 5) is 23.2. The molecular formula is C12H14N2O3S. The van der Waals surface area contributed by atoms with Crippen molar-refractivity contribution >= 4 is 29.4 Å². The summed E-state index contributed by atoms with van der Waals surface area (Å²) in [6.45, 7) is 0.506. The summed E-state index contributed by atoms with van der Waals surface area (Å²) >= 11 is 1.54. The van der Waals surface area contributed by atoms with Crippen molar-refractivity contribution in [3.8, 4) is 0 Å². The third kappa shape index (κ3) is 3.16. The van der Waals surface area contributed by atoms with Gasteiger partial charge in [-0.1, -0.05) is 6.07 Å². The van der Waals surface area contributed by atoms with Gasteiger partial charge >= 0.3 is 6.09 Å². The van der Waals surface area contributed by atoms with Crippen LogP contribution in [0.5, 0.6) is 0 Å². The smallest absolute Gasteiger partial charge is 0.406 e. The number of alkyl carbamates (subject to hydrolysis) is 1. The Bertz CT molecular complexity index is 476. The summed E-state index contributed by atoms with van der Waals surface area (Å²) in [6, 6.07) is 5.94. The Hall–Kier alpha value is -1.69. The Labute approximate surface area is 109 Å². The lowest BCUT2D eigenvalue weighted by Crippen LogP contribution is -2.25. The van der Waals surface area contributed by atoms with Crippen LogP contribution in [0.4, 0.5) is 10.5 Å². The molecule has 0 atom stereocenters. The summed E-state index contributed by atoms with van der Waals surface area (Å²) < 4.78 is 4.48. The Kier molecular flexibility index (Phi) is 4.09. The minimum Gasteiger partial charge on any atom is -0.453 e. The Balaban J connectivity index is 1.96. The maximum atomic E-state index is 11.3. The van der Waals surface area contributed by atoms with Gasteiger partial charge < -0.3 is 15.4 Å². The molecule has 0 spiro atoms. The second-order valence-corrected chi connectivity index (χ2v) is 4.85. The van der Waals surface area contributed by atoms with Crippen LogP contribution in [0.3, 0.4) is 0 Å². The van der Waals surface area contributed by atoms with Gasteiger partial charge in [0, 0.05) is 11.4 Å². The van der Waals surface area contributed by atoms with Crippen molar-refractivity contribution in [2.45, 2.75) is 11.3 Å². The number of ether oxygens (including phenoxy) is 1. The van der Waals surface area contributed by atoms with E-state index in [0.29, 0.717) is 18.7 Å². The highest BCUT2D eigenvalue weighted by molar-refractivity contribution is 8.00. The maximum Gasteiger partial charge on any atom is 0.406 e. The molecule has 2 rings (SSSR count). The predicted molar refractivity (Wildman–Crippen MR) is 69.9 cm³/mol. The van der Waals surface area contributed by atoms with Crippen LogP contribution in [-0.4, -0.2) is 31.4 Å². The van der Waals surface area contributed by atoms with Gasteiger partial charge in [-0.25, -0.2) is 4.79 Å². The van der Waals surface area contributed by atoms with Gasteiger partial charge in [-0.05, 0) is 24.1 Å². The van der Waals surface area contributed by atoms with E-state index in [9.17, 15) is 9.59 Å². The van der Waals surface area contributed by atoms with Crippen molar-refractivity contribution in [1.29, 1.82) is 0 Å². The number of fused-ring (bicyclic) bond motifs is 1. The highest BCUT2D eigenvalue weighted by atomic mass is 32.2. The SMILES string of the molecule is COC(=O)NCCc1ccc2c(c1)NC(=O)CS2.